The van der Waals surface area contributed by atoms with E-state index in [1.807, 2.05) is 0 Å². The zero-order valence-corrected chi connectivity index (χ0v) is 19.0. The van der Waals surface area contributed by atoms with Crippen molar-refractivity contribution in [2.75, 3.05) is 20.9 Å². The summed E-state index contributed by atoms with van der Waals surface area (Å²) >= 11 is 0. The number of carbonyl (C=O) groups excluding carboxylic acids is 2. The highest BCUT2D eigenvalue weighted by atomic mass is 16.5. The average molecular weight is 455 g/mol. The molecule has 1 aliphatic carbocycles. The van der Waals surface area contributed by atoms with Gasteiger partial charge in [-0.15, -0.1) is 0 Å². The average Bonchev–Trinajstić information content (AvgIpc) is 3.18. The van der Waals surface area contributed by atoms with Gasteiger partial charge in [0.1, 0.15) is 11.5 Å². The number of fused-ring (bicyclic) bond motifs is 1. The van der Waals surface area contributed by atoms with Crippen LogP contribution < -0.4 is 0 Å². The summed E-state index contributed by atoms with van der Waals surface area (Å²) in [6.45, 7) is 1.66. The van der Waals surface area contributed by atoms with Crippen LogP contribution in [-0.4, -0.2) is 64.9 Å². The van der Waals surface area contributed by atoms with E-state index in [1.165, 1.54) is 26.4 Å². The van der Waals surface area contributed by atoms with Gasteiger partial charge in [-0.05, 0) is 49.2 Å². The second-order valence-electron chi connectivity index (χ2n) is 8.72. The normalized spacial score (nSPS) is 20.9. The molecule has 0 amide bonds. The lowest BCUT2D eigenvalue weighted by atomic mass is 9.89. The van der Waals surface area contributed by atoms with Crippen molar-refractivity contribution in [2.24, 2.45) is 0 Å². The van der Waals surface area contributed by atoms with Crippen LogP contribution >= 0.6 is 0 Å². The summed E-state index contributed by atoms with van der Waals surface area (Å²) < 4.78 is 9.63. The molecule has 33 heavy (non-hydrogen) atoms. The summed E-state index contributed by atoms with van der Waals surface area (Å²) in [6.07, 6.45) is 4.38. The van der Waals surface area contributed by atoms with E-state index in [4.69, 9.17) is 9.47 Å². The molecule has 176 valence electrons. The Morgan fingerprint density at radius 1 is 0.818 bits per heavy atom. The van der Waals surface area contributed by atoms with E-state index < -0.39 is 11.9 Å². The fourth-order valence-electron chi connectivity index (χ4n) is 5.07. The van der Waals surface area contributed by atoms with E-state index in [-0.39, 0.29) is 11.5 Å². The van der Waals surface area contributed by atoms with Crippen molar-refractivity contribution < 1.29 is 29.3 Å². The Morgan fingerprint density at radius 2 is 1.24 bits per heavy atom. The first-order valence-electron chi connectivity index (χ1n) is 11.2. The molecule has 8 heteroatoms. The largest absolute Gasteiger partial charge is 0.508 e. The topological polar surface area (TPSA) is 99.5 Å². The third-order valence-electron chi connectivity index (χ3n) is 6.74. The molecule has 1 saturated carbocycles. The Hall–Kier alpha value is -3.10. The van der Waals surface area contributed by atoms with Gasteiger partial charge in [0.2, 0.25) is 0 Å². The number of phenols is 2. The maximum Gasteiger partial charge on any atom is 0.337 e. The Morgan fingerprint density at radius 3 is 1.64 bits per heavy atom. The fraction of sp³-hybridized carbons (Fsp3) is 0.440. The molecule has 2 aliphatic rings. The standard InChI is InChI=1S/C25H30N2O6/c1-32-24(30)16-7-9-22(28)18(11-16)13-26-15-27(21-6-4-3-5-20(21)26)14-19-12-17(25(31)33-2)8-10-23(19)29/h7-12,20-21,28-29H,3-6,13-15H2,1-2H3/t20-,21-/m1/s1. The number of carbonyl (C=O) groups is 2. The minimum Gasteiger partial charge on any atom is -0.508 e. The van der Waals surface area contributed by atoms with Crippen LogP contribution in [-0.2, 0) is 22.6 Å². The highest BCUT2D eigenvalue weighted by molar-refractivity contribution is 5.90. The van der Waals surface area contributed by atoms with Gasteiger partial charge in [0.15, 0.2) is 0 Å². The summed E-state index contributed by atoms with van der Waals surface area (Å²) in [5.41, 5.74) is 2.18. The van der Waals surface area contributed by atoms with E-state index >= 15 is 0 Å². The molecule has 8 nitrogen and oxygen atoms in total. The highest BCUT2D eigenvalue weighted by Gasteiger charge is 2.41. The first-order valence-corrected chi connectivity index (χ1v) is 11.2. The van der Waals surface area contributed by atoms with Crippen molar-refractivity contribution in [2.45, 2.75) is 50.9 Å². The van der Waals surface area contributed by atoms with Gasteiger partial charge in [0, 0.05) is 36.3 Å². The maximum atomic E-state index is 11.9. The maximum absolute atomic E-state index is 11.9. The Labute approximate surface area is 193 Å². The van der Waals surface area contributed by atoms with Crippen LogP contribution in [0.25, 0.3) is 0 Å². The van der Waals surface area contributed by atoms with Crippen LogP contribution in [0, 0.1) is 0 Å². The third-order valence-corrected chi connectivity index (χ3v) is 6.74. The van der Waals surface area contributed by atoms with E-state index in [9.17, 15) is 19.8 Å². The van der Waals surface area contributed by atoms with Crippen molar-refractivity contribution in [3.05, 3.63) is 58.7 Å². The SMILES string of the molecule is COC(=O)c1ccc(O)c(CN2CN(Cc3cc(C(=O)OC)ccc3O)[C@@H]3CCCC[C@H]32)c1. The lowest BCUT2D eigenvalue weighted by Crippen LogP contribution is -2.39. The number of rotatable bonds is 6. The van der Waals surface area contributed by atoms with Crippen LogP contribution in [0.5, 0.6) is 11.5 Å². The van der Waals surface area contributed by atoms with Gasteiger partial charge in [-0.25, -0.2) is 9.59 Å². The molecule has 0 spiro atoms. The lowest BCUT2D eigenvalue weighted by Gasteiger charge is -2.32. The van der Waals surface area contributed by atoms with Crippen LogP contribution in [0.2, 0.25) is 0 Å². The van der Waals surface area contributed by atoms with Gasteiger partial charge in [-0.2, -0.15) is 0 Å². The molecule has 1 aliphatic heterocycles. The molecule has 2 atom stereocenters. The molecule has 4 rings (SSSR count). The zero-order valence-electron chi connectivity index (χ0n) is 19.0. The van der Waals surface area contributed by atoms with Gasteiger partial charge in [0.05, 0.1) is 32.0 Å². The van der Waals surface area contributed by atoms with Gasteiger partial charge >= 0.3 is 11.9 Å². The molecule has 0 radical (unpaired) electrons. The first-order chi connectivity index (χ1) is 15.9. The number of hydrogen-bond acceptors (Lipinski definition) is 8. The number of methoxy groups -OCH3 is 2. The number of esters is 2. The number of hydrogen-bond donors (Lipinski definition) is 2. The van der Waals surface area contributed by atoms with Crippen LogP contribution in [0.3, 0.4) is 0 Å². The summed E-state index contributed by atoms with van der Waals surface area (Å²) in [5.74, 6) is -0.569. The van der Waals surface area contributed by atoms with Crippen LogP contribution in [0.1, 0.15) is 57.5 Å². The van der Waals surface area contributed by atoms with Crippen molar-refractivity contribution >= 4 is 11.9 Å². The summed E-state index contributed by atoms with van der Waals surface area (Å²) in [7, 11) is 2.68. The van der Waals surface area contributed by atoms with Crippen molar-refractivity contribution in [3.63, 3.8) is 0 Å². The van der Waals surface area contributed by atoms with Crippen molar-refractivity contribution in [1.29, 1.82) is 0 Å². The predicted octanol–water partition coefficient (Wildman–Crippen LogP) is 3.26. The number of benzene rings is 2. The van der Waals surface area contributed by atoms with Gasteiger partial charge in [-0.3, -0.25) is 9.80 Å². The van der Waals surface area contributed by atoms with Gasteiger partial charge < -0.3 is 19.7 Å². The first kappa shape index (κ1) is 23.1. The number of phenolic OH excluding ortho intramolecular Hbond substituents is 2. The molecule has 1 heterocycles. The Kier molecular flexibility index (Phi) is 6.85. The number of nitrogens with zero attached hydrogens (tertiary/aromatic N) is 2. The molecule has 1 saturated heterocycles. The van der Waals surface area contributed by atoms with Crippen LogP contribution in [0.15, 0.2) is 36.4 Å². The lowest BCUT2D eigenvalue weighted by molar-refractivity contribution is 0.0591. The highest BCUT2D eigenvalue weighted by Crippen LogP contribution is 2.36. The molecule has 0 bridgehead atoms. The monoisotopic (exact) mass is 454 g/mol. The van der Waals surface area contributed by atoms with Crippen molar-refractivity contribution in [1.82, 2.24) is 9.80 Å². The summed E-state index contributed by atoms with van der Waals surface area (Å²) in [5, 5.41) is 20.8. The van der Waals surface area contributed by atoms with E-state index in [1.54, 1.807) is 24.3 Å². The van der Waals surface area contributed by atoms with Crippen molar-refractivity contribution in [3.8, 4) is 11.5 Å². The molecule has 0 unspecified atom stereocenters. The predicted molar refractivity (Wildman–Crippen MR) is 121 cm³/mol. The minimum absolute atomic E-state index is 0.150. The van der Waals surface area contributed by atoms with E-state index in [0.717, 1.165) is 25.7 Å². The quantitative estimate of drug-likeness (QED) is 0.642. The summed E-state index contributed by atoms with van der Waals surface area (Å²) in [4.78, 5) is 28.5. The Bertz CT molecular complexity index is 958. The third kappa shape index (κ3) is 4.82. The zero-order chi connectivity index (χ0) is 23.5. The van der Waals surface area contributed by atoms with E-state index in [2.05, 4.69) is 9.80 Å². The molecular formula is C25H30N2O6. The summed E-state index contributed by atoms with van der Waals surface area (Å²) in [6, 6.07) is 10.2. The second-order valence-corrected chi connectivity index (χ2v) is 8.72. The fourth-order valence-corrected chi connectivity index (χ4v) is 5.07. The van der Waals surface area contributed by atoms with Gasteiger partial charge in [-0.1, -0.05) is 12.8 Å². The Balaban J connectivity index is 1.56. The molecule has 2 N–H and O–H groups in total. The molecule has 2 fully saturated rings. The minimum atomic E-state index is -0.434. The second kappa shape index (κ2) is 9.80. The molecule has 2 aromatic carbocycles. The smallest absolute Gasteiger partial charge is 0.337 e. The molecule has 2 aromatic rings. The molecular weight excluding hydrogens is 424 g/mol. The van der Waals surface area contributed by atoms with Crippen LogP contribution in [0.4, 0.5) is 0 Å². The number of ether oxygens (including phenoxy) is 2. The van der Waals surface area contributed by atoms with E-state index in [0.29, 0.717) is 54.1 Å². The number of aromatic hydroxyl groups is 2. The molecule has 0 aromatic heterocycles. The van der Waals surface area contributed by atoms with Gasteiger partial charge in [0.25, 0.3) is 0 Å².